The molecule has 2 aromatic heterocycles. The Bertz CT molecular complexity index is 741. The lowest BCUT2D eigenvalue weighted by Gasteiger charge is -2.26. The van der Waals surface area contributed by atoms with Gasteiger partial charge in [0.05, 0.1) is 4.70 Å². The molecule has 1 aromatic carbocycles. The van der Waals surface area contributed by atoms with Crippen molar-refractivity contribution in [1.29, 1.82) is 0 Å². The fraction of sp³-hybridized carbons (Fsp3) is 0.143. The number of aliphatic hydroxyl groups excluding tert-OH is 2. The summed E-state index contributed by atoms with van der Waals surface area (Å²) in [6.07, 6.45) is -1.64. The van der Waals surface area contributed by atoms with Crippen molar-refractivity contribution < 1.29 is 10.2 Å². The molecule has 0 spiro atoms. The predicted molar refractivity (Wildman–Crippen MR) is 75.1 cm³/mol. The molecule has 0 bridgehead atoms. The zero-order valence-electron chi connectivity index (χ0n) is 9.33. The Labute approximate surface area is 112 Å². The van der Waals surface area contributed by atoms with Gasteiger partial charge in [0.2, 0.25) is 0 Å². The van der Waals surface area contributed by atoms with Gasteiger partial charge in [-0.15, -0.1) is 22.7 Å². The molecule has 3 aromatic rings. The lowest BCUT2D eigenvalue weighted by atomic mass is 9.87. The SMILES string of the molecule is OC1c2ccccc2-c2sc3ccsc3c2C1O. The van der Waals surface area contributed by atoms with Crippen LogP contribution in [0.5, 0.6) is 0 Å². The van der Waals surface area contributed by atoms with E-state index in [1.165, 1.54) is 4.70 Å². The molecule has 2 heterocycles. The molecule has 0 fully saturated rings. The molecule has 4 rings (SSSR count). The average Bonchev–Trinajstić information content (AvgIpc) is 2.96. The van der Waals surface area contributed by atoms with Crippen LogP contribution in [0, 0.1) is 0 Å². The number of hydrogen-bond donors (Lipinski definition) is 2. The summed E-state index contributed by atoms with van der Waals surface area (Å²) in [6, 6.07) is 9.85. The van der Waals surface area contributed by atoms with Crippen LogP contribution in [-0.4, -0.2) is 10.2 Å². The van der Waals surface area contributed by atoms with Gasteiger partial charge in [-0.2, -0.15) is 0 Å². The normalized spacial score (nSPS) is 21.9. The van der Waals surface area contributed by atoms with Gasteiger partial charge in [-0.1, -0.05) is 24.3 Å². The van der Waals surface area contributed by atoms with Crippen LogP contribution in [0.4, 0.5) is 0 Å². The van der Waals surface area contributed by atoms with E-state index in [2.05, 4.69) is 6.07 Å². The van der Waals surface area contributed by atoms with Crippen LogP contribution in [0.25, 0.3) is 19.8 Å². The zero-order chi connectivity index (χ0) is 12.3. The van der Waals surface area contributed by atoms with Crippen molar-refractivity contribution in [2.24, 2.45) is 0 Å². The number of rotatable bonds is 0. The number of hydrogen-bond acceptors (Lipinski definition) is 4. The minimum absolute atomic E-state index is 0.817. The first kappa shape index (κ1) is 10.7. The van der Waals surface area contributed by atoms with Gasteiger partial charge in [0.15, 0.2) is 0 Å². The summed E-state index contributed by atoms with van der Waals surface area (Å²) in [5.74, 6) is 0. The van der Waals surface area contributed by atoms with Gasteiger partial charge in [-0.25, -0.2) is 0 Å². The molecule has 2 atom stereocenters. The molecule has 18 heavy (non-hydrogen) atoms. The average molecular weight is 274 g/mol. The summed E-state index contributed by atoms with van der Waals surface area (Å²) in [7, 11) is 0. The number of thiophene rings is 2. The second-order valence-electron chi connectivity index (χ2n) is 4.44. The molecule has 0 saturated heterocycles. The van der Waals surface area contributed by atoms with E-state index >= 15 is 0 Å². The fourth-order valence-corrected chi connectivity index (χ4v) is 5.08. The maximum absolute atomic E-state index is 10.3. The molecule has 2 N–H and O–H groups in total. The summed E-state index contributed by atoms with van der Waals surface area (Å²) in [4.78, 5) is 1.10. The Morgan fingerprint density at radius 1 is 1.00 bits per heavy atom. The number of fused-ring (bicyclic) bond motifs is 5. The molecular weight excluding hydrogens is 264 g/mol. The highest BCUT2D eigenvalue weighted by atomic mass is 32.1. The first-order valence-corrected chi connectivity index (χ1v) is 7.42. The summed E-state index contributed by atoms with van der Waals surface area (Å²) < 4.78 is 2.30. The summed E-state index contributed by atoms with van der Waals surface area (Å²) in [5.41, 5.74) is 2.78. The van der Waals surface area contributed by atoms with E-state index in [0.29, 0.717) is 0 Å². The fourth-order valence-electron chi connectivity index (χ4n) is 2.60. The minimum Gasteiger partial charge on any atom is -0.385 e. The van der Waals surface area contributed by atoms with Crippen LogP contribution in [0.15, 0.2) is 35.7 Å². The van der Waals surface area contributed by atoms with E-state index in [-0.39, 0.29) is 0 Å². The van der Waals surface area contributed by atoms with Crippen LogP contribution < -0.4 is 0 Å². The Balaban J connectivity index is 2.13. The van der Waals surface area contributed by atoms with Crippen LogP contribution in [0.2, 0.25) is 0 Å². The first-order valence-electron chi connectivity index (χ1n) is 5.72. The first-order chi connectivity index (χ1) is 8.77. The van der Waals surface area contributed by atoms with Crippen LogP contribution in [0.3, 0.4) is 0 Å². The molecule has 2 nitrogen and oxygen atoms in total. The molecule has 0 saturated carbocycles. The van der Waals surface area contributed by atoms with Crippen molar-refractivity contribution in [1.82, 2.24) is 0 Å². The summed E-state index contributed by atoms with van der Waals surface area (Å²) in [5, 5.41) is 22.6. The predicted octanol–water partition coefficient (Wildman–Crippen LogP) is 3.71. The molecular formula is C14H10O2S2. The van der Waals surface area contributed by atoms with E-state index in [1.54, 1.807) is 22.7 Å². The smallest absolute Gasteiger partial charge is 0.112 e. The quantitative estimate of drug-likeness (QED) is 0.656. The highest BCUT2D eigenvalue weighted by Crippen LogP contribution is 2.52. The van der Waals surface area contributed by atoms with Gasteiger partial charge in [-0.05, 0) is 22.6 Å². The Morgan fingerprint density at radius 2 is 1.83 bits per heavy atom. The van der Waals surface area contributed by atoms with Crippen LogP contribution in [0.1, 0.15) is 23.3 Å². The lowest BCUT2D eigenvalue weighted by molar-refractivity contribution is 0.0171. The van der Waals surface area contributed by atoms with Crippen molar-refractivity contribution in [3.8, 4) is 10.4 Å². The molecule has 0 aliphatic heterocycles. The van der Waals surface area contributed by atoms with Crippen LogP contribution >= 0.6 is 22.7 Å². The van der Waals surface area contributed by atoms with Gasteiger partial charge < -0.3 is 10.2 Å². The molecule has 0 radical (unpaired) electrons. The number of benzene rings is 1. The number of aliphatic hydroxyl groups is 2. The third kappa shape index (κ3) is 1.23. The molecule has 4 heteroatoms. The lowest BCUT2D eigenvalue weighted by Crippen LogP contribution is -2.15. The Hall–Kier alpha value is -1.20. The molecule has 1 aliphatic rings. The third-order valence-corrected chi connectivity index (χ3v) is 5.73. The summed E-state index contributed by atoms with van der Waals surface area (Å²) >= 11 is 3.32. The van der Waals surface area contributed by atoms with E-state index in [1.807, 2.05) is 29.6 Å². The minimum atomic E-state index is -0.825. The topological polar surface area (TPSA) is 40.5 Å². The van der Waals surface area contributed by atoms with E-state index in [9.17, 15) is 10.2 Å². The van der Waals surface area contributed by atoms with Crippen molar-refractivity contribution in [3.05, 3.63) is 46.8 Å². The summed E-state index contributed by atoms with van der Waals surface area (Å²) in [6.45, 7) is 0. The van der Waals surface area contributed by atoms with Crippen molar-refractivity contribution in [2.45, 2.75) is 12.2 Å². The maximum Gasteiger partial charge on any atom is 0.112 e. The highest BCUT2D eigenvalue weighted by molar-refractivity contribution is 7.29. The Morgan fingerprint density at radius 3 is 2.72 bits per heavy atom. The molecule has 0 amide bonds. The highest BCUT2D eigenvalue weighted by Gasteiger charge is 2.34. The third-order valence-electron chi connectivity index (χ3n) is 3.45. The van der Waals surface area contributed by atoms with Crippen molar-refractivity contribution >= 4 is 32.1 Å². The Kier molecular flexibility index (Phi) is 2.17. The van der Waals surface area contributed by atoms with E-state index in [0.717, 1.165) is 26.3 Å². The van der Waals surface area contributed by atoms with Gasteiger partial charge in [0, 0.05) is 15.1 Å². The van der Waals surface area contributed by atoms with Gasteiger partial charge in [-0.3, -0.25) is 0 Å². The van der Waals surface area contributed by atoms with Crippen molar-refractivity contribution in [3.63, 3.8) is 0 Å². The second-order valence-corrected chi connectivity index (χ2v) is 6.40. The van der Waals surface area contributed by atoms with E-state index < -0.39 is 12.2 Å². The largest absolute Gasteiger partial charge is 0.385 e. The monoisotopic (exact) mass is 274 g/mol. The standard InChI is InChI=1S/C14H10O2S2/c15-11-7-3-1-2-4-8(7)13-10(12(11)16)14-9(18-13)5-6-17-14/h1-6,11-12,15-16H. The maximum atomic E-state index is 10.3. The zero-order valence-corrected chi connectivity index (χ0v) is 11.0. The van der Waals surface area contributed by atoms with Crippen LogP contribution in [-0.2, 0) is 0 Å². The van der Waals surface area contributed by atoms with Crippen molar-refractivity contribution in [2.75, 3.05) is 0 Å². The molecule has 2 unspecified atom stereocenters. The van der Waals surface area contributed by atoms with E-state index in [4.69, 9.17) is 0 Å². The molecule has 1 aliphatic carbocycles. The van der Waals surface area contributed by atoms with Gasteiger partial charge >= 0.3 is 0 Å². The second kappa shape index (κ2) is 3.65. The van der Waals surface area contributed by atoms with Gasteiger partial charge in [0.1, 0.15) is 12.2 Å². The van der Waals surface area contributed by atoms with Gasteiger partial charge in [0.25, 0.3) is 0 Å². The molecule has 90 valence electrons.